The van der Waals surface area contributed by atoms with Gasteiger partial charge in [-0.05, 0) is 43.5 Å². The number of hydrogen-bond donors (Lipinski definition) is 1. The van der Waals surface area contributed by atoms with E-state index in [0.717, 1.165) is 23.6 Å². The molecule has 1 saturated heterocycles. The molecule has 0 aliphatic carbocycles. The lowest BCUT2D eigenvalue weighted by Crippen LogP contribution is -2.32. The average Bonchev–Trinajstić information content (AvgIpc) is 2.71. The van der Waals surface area contributed by atoms with E-state index in [1.165, 1.54) is 5.56 Å². The van der Waals surface area contributed by atoms with Gasteiger partial charge in [0.2, 0.25) is 0 Å². The third kappa shape index (κ3) is 2.65. The Morgan fingerprint density at radius 2 is 2.24 bits per heavy atom. The molecule has 0 spiro atoms. The highest BCUT2D eigenvalue weighted by Crippen LogP contribution is 2.32. The summed E-state index contributed by atoms with van der Waals surface area (Å²) in [5.41, 5.74) is 2.33. The van der Waals surface area contributed by atoms with Crippen molar-refractivity contribution in [3.05, 3.63) is 34.3 Å². The van der Waals surface area contributed by atoms with E-state index in [9.17, 15) is 0 Å². The third-order valence-electron chi connectivity index (χ3n) is 3.64. The van der Waals surface area contributed by atoms with Gasteiger partial charge in [-0.25, -0.2) is 0 Å². The van der Waals surface area contributed by atoms with Gasteiger partial charge in [0.1, 0.15) is 0 Å². The molecule has 2 nitrogen and oxygen atoms in total. The molecule has 0 saturated carbocycles. The lowest BCUT2D eigenvalue weighted by atomic mass is 9.92. The molecule has 1 aromatic rings. The molecule has 1 aliphatic rings. The lowest BCUT2D eigenvalue weighted by molar-refractivity contribution is 0.0631. The van der Waals surface area contributed by atoms with Gasteiger partial charge < -0.3 is 10.1 Å². The number of aryl methyl sites for hydroxylation is 1. The highest BCUT2D eigenvalue weighted by Gasteiger charge is 2.32. The van der Waals surface area contributed by atoms with Crippen molar-refractivity contribution in [2.24, 2.45) is 5.92 Å². The van der Waals surface area contributed by atoms with Crippen LogP contribution in [0.2, 0.25) is 5.02 Å². The molecule has 0 bridgehead atoms. The summed E-state index contributed by atoms with van der Waals surface area (Å²) in [6.45, 7) is 5.14. The normalized spacial score (nSPS) is 26.1. The smallest absolute Gasteiger partial charge is 0.0795 e. The average molecular weight is 254 g/mol. The molecule has 1 N–H and O–H groups in total. The Kier molecular flexibility index (Phi) is 4.08. The molecule has 3 atom stereocenters. The molecule has 3 unspecified atom stereocenters. The molecule has 1 aliphatic heterocycles. The van der Waals surface area contributed by atoms with Crippen molar-refractivity contribution < 1.29 is 4.74 Å². The van der Waals surface area contributed by atoms with Crippen LogP contribution in [0.25, 0.3) is 0 Å². The van der Waals surface area contributed by atoms with Crippen molar-refractivity contribution in [2.75, 3.05) is 13.7 Å². The first-order valence-corrected chi connectivity index (χ1v) is 6.56. The Morgan fingerprint density at radius 3 is 2.76 bits per heavy atom. The van der Waals surface area contributed by atoms with Crippen LogP contribution < -0.4 is 5.32 Å². The predicted molar refractivity (Wildman–Crippen MR) is 71.5 cm³/mol. The first kappa shape index (κ1) is 12.9. The largest absolute Gasteiger partial charge is 0.376 e. The molecule has 1 aromatic carbocycles. The topological polar surface area (TPSA) is 21.3 Å². The molecule has 17 heavy (non-hydrogen) atoms. The molecule has 94 valence electrons. The lowest BCUT2D eigenvalue weighted by Gasteiger charge is -2.26. The van der Waals surface area contributed by atoms with Crippen molar-refractivity contribution in [1.82, 2.24) is 5.32 Å². The number of halogens is 1. The van der Waals surface area contributed by atoms with E-state index >= 15 is 0 Å². The number of hydrogen-bond acceptors (Lipinski definition) is 2. The summed E-state index contributed by atoms with van der Waals surface area (Å²) in [5, 5.41) is 4.18. The number of benzene rings is 1. The van der Waals surface area contributed by atoms with Crippen LogP contribution >= 0.6 is 11.6 Å². The Labute approximate surface area is 108 Å². The van der Waals surface area contributed by atoms with Crippen LogP contribution in [-0.4, -0.2) is 19.8 Å². The van der Waals surface area contributed by atoms with Crippen LogP contribution in [0.1, 0.15) is 30.5 Å². The standard InChI is InChI=1S/C14H20ClNO/c1-9-4-5-11(8-12(9)15)13(16-3)14-10(2)6-7-17-14/h4-5,8,10,13-14,16H,6-7H2,1-3H3. The van der Waals surface area contributed by atoms with Crippen molar-refractivity contribution in [1.29, 1.82) is 0 Å². The fourth-order valence-corrected chi connectivity index (χ4v) is 2.66. The minimum atomic E-state index is 0.227. The summed E-state index contributed by atoms with van der Waals surface area (Å²) in [4.78, 5) is 0. The predicted octanol–water partition coefficient (Wildman–Crippen LogP) is 3.33. The molecular formula is C14H20ClNO. The van der Waals surface area contributed by atoms with E-state index in [2.05, 4.69) is 24.4 Å². The van der Waals surface area contributed by atoms with Crippen molar-refractivity contribution >= 4 is 11.6 Å². The molecule has 2 rings (SSSR count). The fourth-order valence-electron chi connectivity index (χ4n) is 2.47. The van der Waals surface area contributed by atoms with E-state index < -0.39 is 0 Å². The Hall–Kier alpha value is -0.570. The van der Waals surface area contributed by atoms with E-state index in [4.69, 9.17) is 16.3 Å². The molecule has 0 radical (unpaired) electrons. The molecule has 0 amide bonds. The van der Waals surface area contributed by atoms with Gasteiger partial charge in [-0.3, -0.25) is 0 Å². The second kappa shape index (κ2) is 5.38. The van der Waals surface area contributed by atoms with Gasteiger partial charge in [0.25, 0.3) is 0 Å². The monoisotopic (exact) mass is 253 g/mol. The highest BCUT2D eigenvalue weighted by atomic mass is 35.5. The zero-order valence-electron chi connectivity index (χ0n) is 10.7. The Morgan fingerprint density at radius 1 is 1.47 bits per heavy atom. The Balaban J connectivity index is 2.25. The van der Waals surface area contributed by atoms with Gasteiger partial charge in [-0.2, -0.15) is 0 Å². The molecule has 1 heterocycles. The number of likely N-dealkylation sites (N-methyl/N-ethyl adjacent to an activating group) is 1. The summed E-state index contributed by atoms with van der Waals surface area (Å²) in [6, 6.07) is 6.48. The minimum Gasteiger partial charge on any atom is -0.376 e. The van der Waals surface area contributed by atoms with E-state index in [1.54, 1.807) is 0 Å². The number of ether oxygens (including phenoxy) is 1. The third-order valence-corrected chi connectivity index (χ3v) is 4.05. The van der Waals surface area contributed by atoms with Gasteiger partial charge in [-0.15, -0.1) is 0 Å². The van der Waals surface area contributed by atoms with Crippen LogP contribution in [0.5, 0.6) is 0 Å². The zero-order chi connectivity index (χ0) is 12.4. The van der Waals surface area contributed by atoms with Gasteiger partial charge in [0.15, 0.2) is 0 Å². The highest BCUT2D eigenvalue weighted by molar-refractivity contribution is 6.31. The van der Waals surface area contributed by atoms with Crippen LogP contribution in [0, 0.1) is 12.8 Å². The maximum Gasteiger partial charge on any atom is 0.0795 e. The summed E-state index contributed by atoms with van der Waals surface area (Å²) < 4.78 is 5.84. The molecule has 0 aromatic heterocycles. The first-order chi connectivity index (χ1) is 8.13. The van der Waals surface area contributed by atoms with Crippen molar-refractivity contribution in [2.45, 2.75) is 32.4 Å². The maximum atomic E-state index is 6.19. The van der Waals surface area contributed by atoms with E-state index in [-0.39, 0.29) is 12.1 Å². The SMILES string of the molecule is CNC(c1ccc(C)c(Cl)c1)C1OCCC1C. The van der Waals surface area contributed by atoms with E-state index in [1.807, 2.05) is 20.0 Å². The summed E-state index contributed by atoms with van der Waals surface area (Å²) in [5.74, 6) is 0.590. The van der Waals surface area contributed by atoms with Crippen molar-refractivity contribution in [3.8, 4) is 0 Å². The van der Waals surface area contributed by atoms with Crippen LogP contribution in [-0.2, 0) is 4.74 Å². The molecular weight excluding hydrogens is 234 g/mol. The van der Waals surface area contributed by atoms with Crippen LogP contribution in [0.3, 0.4) is 0 Å². The zero-order valence-corrected chi connectivity index (χ0v) is 11.4. The maximum absolute atomic E-state index is 6.19. The second-order valence-corrected chi connectivity index (χ2v) is 5.28. The van der Waals surface area contributed by atoms with Gasteiger partial charge in [0, 0.05) is 11.6 Å². The van der Waals surface area contributed by atoms with E-state index in [0.29, 0.717) is 5.92 Å². The van der Waals surface area contributed by atoms with Gasteiger partial charge >= 0.3 is 0 Å². The summed E-state index contributed by atoms with van der Waals surface area (Å²) >= 11 is 6.19. The molecule has 3 heteroatoms. The van der Waals surface area contributed by atoms with Crippen molar-refractivity contribution in [3.63, 3.8) is 0 Å². The van der Waals surface area contributed by atoms with Crippen LogP contribution in [0.4, 0.5) is 0 Å². The quantitative estimate of drug-likeness (QED) is 0.892. The Bertz CT molecular complexity index is 394. The molecule has 1 fully saturated rings. The number of rotatable bonds is 3. The number of nitrogens with one attached hydrogen (secondary N) is 1. The first-order valence-electron chi connectivity index (χ1n) is 6.18. The minimum absolute atomic E-state index is 0.227. The fraction of sp³-hybridized carbons (Fsp3) is 0.571. The van der Waals surface area contributed by atoms with Gasteiger partial charge in [-0.1, -0.05) is 30.7 Å². The second-order valence-electron chi connectivity index (χ2n) is 4.88. The summed E-state index contributed by atoms with van der Waals surface area (Å²) in [7, 11) is 1.98. The summed E-state index contributed by atoms with van der Waals surface area (Å²) in [6.07, 6.45) is 1.39. The van der Waals surface area contributed by atoms with Crippen LogP contribution in [0.15, 0.2) is 18.2 Å². The van der Waals surface area contributed by atoms with Gasteiger partial charge in [0.05, 0.1) is 12.1 Å².